The van der Waals surface area contributed by atoms with Crippen LogP contribution in [0.2, 0.25) is 0 Å². The van der Waals surface area contributed by atoms with Crippen molar-refractivity contribution in [3.05, 3.63) is 47.8 Å². The Kier molecular flexibility index (Phi) is 4.68. The maximum Gasteiger partial charge on any atom is 0.416 e. The number of nitrogens with one attached hydrogen (secondary N) is 1. The largest absolute Gasteiger partial charge is 0.481 e. The summed E-state index contributed by atoms with van der Waals surface area (Å²) in [6.07, 6.45) is -2.12. The van der Waals surface area contributed by atoms with Crippen molar-refractivity contribution in [2.45, 2.75) is 19.1 Å². The predicted octanol–water partition coefficient (Wildman–Crippen LogP) is 2.63. The smallest absolute Gasteiger partial charge is 0.416 e. The monoisotopic (exact) mass is 327 g/mol. The van der Waals surface area contributed by atoms with Crippen molar-refractivity contribution in [1.82, 2.24) is 9.78 Å². The number of hydrogen-bond acceptors (Lipinski definition) is 3. The lowest BCUT2D eigenvalue weighted by Gasteiger charge is -2.09. The number of rotatable bonds is 5. The number of benzene rings is 1. The van der Waals surface area contributed by atoms with Gasteiger partial charge in [-0.2, -0.15) is 18.3 Å². The highest BCUT2D eigenvalue weighted by atomic mass is 19.4. The van der Waals surface area contributed by atoms with Crippen LogP contribution < -0.4 is 5.32 Å². The number of hydrogen-bond donors (Lipinski definition) is 2. The van der Waals surface area contributed by atoms with Gasteiger partial charge >= 0.3 is 12.1 Å². The molecule has 1 aromatic carbocycles. The summed E-state index contributed by atoms with van der Waals surface area (Å²) in [5.41, 5.74) is -0.747. The zero-order valence-electron chi connectivity index (χ0n) is 11.7. The van der Waals surface area contributed by atoms with Gasteiger partial charge in [-0.3, -0.25) is 14.3 Å². The molecule has 122 valence electrons. The molecule has 0 fully saturated rings. The van der Waals surface area contributed by atoms with E-state index in [1.807, 2.05) is 0 Å². The van der Waals surface area contributed by atoms with Crippen molar-refractivity contribution in [3.8, 4) is 0 Å². The van der Waals surface area contributed by atoms with Gasteiger partial charge in [0.15, 0.2) is 0 Å². The lowest BCUT2D eigenvalue weighted by atomic mass is 10.2. The minimum absolute atomic E-state index is 0.00288. The Bertz CT molecular complexity index is 725. The summed E-state index contributed by atoms with van der Waals surface area (Å²) >= 11 is 0. The third-order valence-electron chi connectivity index (χ3n) is 2.90. The molecule has 23 heavy (non-hydrogen) atoms. The topological polar surface area (TPSA) is 84.2 Å². The van der Waals surface area contributed by atoms with E-state index in [1.54, 1.807) is 0 Å². The number of carboxylic acids is 1. The molecular weight excluding hydrogens is 315 g/mol. The fourth-order valence-electron chi connectivity index (χ4n) is 1.79. The Morgan fingerprint density at radius 2 is 2.04 bits per heavy atom. The molecule has 1 heterocycles. The third kappa shape index (κ3) is 4.56. The van der Waals surface area contributed by atoms with Gasteiger partial charge in [0.05, 0.1) is 30.3 Å². The first-order valence-corrected chi connectivity index (χ1v) is 6.48. The molecule has 0 unspecified atom stereocenters. The number of anilines is 1. The molecule has 6 nitrogen and oxygen atoms in total. The molecule has 0 spiro atoms. The van der Waals surface area contributed by atoms with Crippen LogP contribution in [-0.2, 0) is 17.5 Å². The van der Waals surface area contributed by atoms with Crippen LogP contribution in [0, 0.1) is 0 Å². The van der Waals surface area contributed by atoms with E-state index in [-0.39, 0.29) is 24.2 Å². The summed E-state index contributed by atoms with van der Waals surface area (Å²) < 4.78 is 39.1. The summed E-state index contributed by atoms with van der Waals surface area (Å²) in [6.45, 7) is 0.0895. The molecule has 0 radical (unpaired) electrons. The van der Waals surface area contributed by atoms with Crippen LogP contribution >= 0.6 is 0 Å². The van der Waals surface area contributed by atoms with Gasteiger partial charge in [0.2, 0.25) is 0 Å². The Labute approximate surface area is 128 Å². The molecule has 0 aliphatic heterocycles. The Morgan fingerprint density at radius 1 is 1.30 bits per heavy atom. The minimum atomic E-state index is -4.50. The molecule has 2 rings (SSSR count). The predicted molar refractivity (Wildman–Crippen MR) is 73.9 cm³/mol. The molecule has 0 aliphatic rings. The Hall–Kier alpha value is -2.84. The zero-order valence-corrected chi connectivity index (χ0v) is 11.7. The number of halogens is 3. The summed E-state index contributed by atoms with van der Waals surface area (Å²) in [7, 11) is 0. The van der Waals surface area contributed by atoms with Gasteiger partial charge in [0.25, 0.3) is 5.91 Å². The number of carboxylic acid groups (broad SMARTS) is 1. The van der Waals surface area contributed by atoms with Crippen LogP contribution in [0.25, 0.3) is 0 Å². The van der Waals surface area contributed by atoms with Gasteiger partial charge in [0.1, 0.15) is 0 Å². The van der Waals surface area contributed by atoms with E-state index in [4.69, 9.17) is 5.11 Å². The highest BCUT2D eigenvalue weighted by Gasteiger charge is 2.30. The standard InChI is InChI=1S/C14H12F3N3O3/c15-14(16,17)10-2-1-3-11(6-10)19-13(23)9-7-18-20(8-9)5-4-12(21)22/h1-3,6-8H,4-5H2,(H,19,23)(H,21,22). The first-order valence-electron chi connectivity index (χ1n) is 6.48. The summed E-state index contributed by atoms with van der Waals surface area (Å²) in [5, 5.41) is 14.7. The van der Waals surface area contributed by atoms with Crippen molar-refractivity contribution in [1.29, 1.82) is 0 Å². The fraction of sp³-hybridized carbons (Fsp3) is 0.214. The molecule has 0 bridgehead atoms. The van der Waals surface area contributed by atoms with E-state index in [0.717, 1.165) is 12.1 Å². The van der Waals surface area contributed by atoms with E-state index in [1.165, 1.54) is 29.2 Å². The molecule has 0 aliphatic carbocycles. The first-order chi connectivity index (χ1) is 10.8. The number of amides is 1. The number of alkyl halides is 3. The highest BCUT2D eigenvalue weighted by molar-refractivity contribution is 6.03. The second-order valence-electron chi connectivity index (χ2n) is 4.67. The molecule has 2 aromatic rings. The molecule has 0 saturated carbocycles. The van der Waals surface area contributed by atoms with Gasteiger partial charge < -0.3 is 10.4 Å². The SMILES string of the molecule is O=C(O)CCn1cc(C(=O)Nc2cccc(C(F)(F)F)c2)cn1. The van der Waals surface area contributed by atoms with Crippen LogP contribution in [0.5, 0.6) is 0 Å². The van der Waals surface area contributed by atoms with Gasteiger partial charge in [-0.25, -0.2) is 0 Å². The summed E-state index contributed by atoms with van der Waals surface area (Å²) in [6, 6.07) is 4.25. The summed E-state index contributed by atoms with van der Waals surface area (Å²) in [5.74, 6) is -1.64. The molecule has 1 aromatic heterocycles. The molecule has 0 saturated heterocycles. The van der Waals surface area contributed by atoms with Crippen molar-refractivity contribution >= 4 is 17.6 Å². The van der Waals surface area contributed by atoms with Crippen LogP contribution in [0.3, 0.4) is 0 Å². The lowest BCUT2D eigenvalue weighted by Crippen LogP contribution is -2.12. The number of aliphatic carboxylic acids is 1. The molecule has 2 N–H and O–H groups in total. The van der Waals surface area contributed by atoms with E-state index in [0.29, 0.717) is 0 Å². The lowest BCUT2D eigenvalue weighted by molar-refractivity contribution is -0.138. The number of aryl methyl sites for hydroxylation is 1. The third-order valence-corrected chi connectivity index (χ3v) is 2.90. The molecule has 1 amide bonds. The van der Waals surface area contributed by atoms with Crippen LogP contribution in [-0.4, -0.2) is 26.8 Å². The second kappa shape index (κ2) is 6.51. The quantitative estimate of drug-likeness (QED) is 0.884. The van der Waals surface area contributed by atoms with E-state index in [2.05, 4.69) is 10.4 Å². The maximum atomic E-state index is 12.6. The average molecular weight is 327 g/mol. The fourth-order valence-corrected chi connectivity index (χ4v) is 1.79. The summed E-state index contributed by atoms with van der Waals surface area (Å²) in [4.78, 5) is 22.4. The average Bonchev–Trinajstić information content (AvgIpc) is 2.93. The van der Waals surface area contributed by atoms with E-state index in [9.17, 15) is 22.8 Å². The maximum absolute atomic E-state index is 12.6. The number of carbonyl (C=O) groups is 2. The molecular formula is C14H12F3N3O3. The van der Waals surface area contributed by atoms with Crippen LogP contribution in [0.1, 0.15) is 22.3 Å². The van der Waals surface area contributed by atoms with Crippen molar-refractivity contribution in [2.24, 2.45) is 0 Å². The van der Waals surface area contributed by atoms with Crippen molar-refractivity contribution in [3.63, 3.8) is 0 Å². The first kappa shape index (κ1) is 16.5. The van der Waals surface area contributed by atoms with E-state index < -0.39 is 23.6 Å². The second-order valence-corrected chi connectivity index (χ2v) is 4.67. The number of nitrogens with zero attached hydrogens (tertiary/aromatic N) is 2. The number of carbonyl (C=O) groups excluding carboxylic acids is 1. The van der Waals surface area contributed by atoms with E-state index >= 15 is 0 Å². The van der Waals surface area contributed by atoms with Gasteiger partial charge in [-0.05, 0) is 18.2 Å². The highest BCUT2D eigenvalue weighted by Crippen LogP contribution is 2.30. The van der Waals surface area contributed by atoms with Gasteiger partial charge in [-0.1, -0.05) is 6.07 Å². The zero-order chi connectivity index (χ0) is 17.0. The van der Waals surface area contributed by atoms with Gasteiger partial charge in [-0.15, -0.1) is 0 Å². The van der Waals surface area contributed by atoms with Crippen LogP contribution in [0.15, 0.2) is 36.7 Å². The van der Waals surface area contributed by atoms with Crippen LogP contribution in [0.4, 0.5) is 18.9 Å². The van der Waals surface area contributed by atoms with Crippen molar-refractivity contribution in [2.75, 3.05) is 5.32 Å². The minimum Gasteiger partial charge on any atom is -0.481 e. The normalized spacial score (nSPS) is 11.3. The Balaban J connectivity index is 2.06. The molecule has 0 atom stereocenters. The van der Waals surface area contributed by atoms with Gasteiger partial charge in [0, 0.05) is 11.9 Å². The van der Waals surface area contributed by atoms with Crippen molar-refractivity contribution < 1.29 is 27.9 Å². The molecule has 9 heteroatoms. The number of aromatic nitrogens is 2. The Morgan fingerprint density at radius 3 is 2.70 bits per heavy atom.